The molecule has 0 amide bonds. The molecular weight excluding hydrogens is 397 g/mol. The number of aliphatic hydroxyl groups excluding tert-OH is 1. The lowest BCUT2D eigenvalue weighted by Crippen LogP contribution is -2.63. The molecule has 0 unspecified atom stereocenters. The highest BCUT2D eigenvalue weighted by molar-refractivity contribution is 7.13. The van der Waals surface area contributed by atoms with E-state index in [-0.39, 0.29) is 30.4 Å². The molecule has 3 aromatic rings. The van der Waals surface area contributed by atoms with Crippen molar-refractivity contribution >= 4 is 16.5 Å². The Balaban J connectivity index is 1.53. The minimum Gasteiger partial charge on any atom is -0.394 e. The number of aryl methyl sites for hydroxylation is 1. The van der Waals surface area contributed by atoms with Gasteiger partial charge in [0.1, 0.15) is 11.9 Å². The number of anilines is 1. The van der Waals surface area contributed by atoms with Crippen molar-refractivity contribution in [2.45, 2.75) is 31.3 Å². The average molecular weight is 418 g/mol. The predicted octanol–water partition coefficient (Wildman–Crippen LogP) is 4.10. The number of benzene rings is 2. The van der Waals surface area contributed by atoms with Gasteiger partial charge >= 0.3 is 0 Å². The van der Waals surface area contributed by atoms with Crippen LogP contribution in [0.2, 0.25) is 0 Å². The van der Waals surface area contributed by atoms with Gasteiger partial charge in [0.05, 0.1) is 24.4 Å². The van der Waals surface area contributed by atoms with Crippen LogP contribution in [-0.2, 0) is 6.42 Å². The molecule has 4 rings (SSSR count). The molecule has 3 atom stereocenters. The van der Waals surface area contributed by atoms with E-state index in [9.17, 15) is 14.8 Å². The zero-order valence-electron chi connectivity index (χ0n) is 16.4. The van der Waals surface area contributed by atoms with Crippen LogP contribution in [0.25, 0.3) is 0 Å². The molecule has 2 heterocycles. The Hall–Kier alpha value is -3.19. The number of nitriles is 1. The van der Waals surface area contributed by atoms with Crippen LogP contribution in [0.15, 0.2) is 53.9 Å². The topological polar surface area (TPSA) is 60.2 Å². The van der Waals surface area contributed by atoms with Crippen molar-refractivity contribution in [2.24, 2.45) is 0 Å². The SMILES string of the molecule is CCc1csc(N2[C@@H](C#N)[C@@H](c3ccc(C#Cc4ccc(F)cc4)cc3)[C@@H]2CO)n1. The third-order valence-electron chi connectivity index (χ3n) is 5.34. The zero-order chi connectivity index (χ0) is 21.1. The van der Waals surface area contributed by atoms with Gasteiger partial charge in [0.15, 0.2) is 5.13 Å². The molecule has 30 heavy (non-hydrogen) atoms. The summed E-state index contributed by atoms with van der Waals surface area (Å²) in [5, 5.41) is 22.5. The van der Waals surface area contributed by atoms with E-state index in [0.717, 1.165) is 33.9 Å². The zero-order valence-corrected chi connectivity index (χ0v) is 17.2. The Morgan fingerprint density at radius 3 is 2.27 bits per heavy atom. The molecule has 0 bridgehead atoms. The maximum Gasteiger partial charge on any atom is 0.186 e. The van der Waals surface area contributed by atoms with Gasteiger partial charge in [0.2, 0.25) is 0 Å². The van der Waals surface area contributed by atoms with Crippen LogP contribution in [0.4, 0.5) is 9.52 Å². The van der Waals surface area contributed by atoms with E-state index >= 15 is 0 Å². The quantitative estimate of drug-likeness (QED) is 0.650. The lowest BCUT2D eigenvalue weighted by molar-refractivity contribution is 0.187. The van der Waals surface area contributed by atoms with Crippen LogP contribution in [0.3, 0.4) is 0 Å². The first-order chi connectivity index (χ1) is 14.6. The number of aliphatic hydroxyl groups is 1. The van der Waals surface area contributed by atoms with Crippen LogP contribution in [0.5, 0.6) is 0 Å². The molecule has 1 N–H and O–H groups in total. The van der Waals surface area contributed by atoms with Crippen molar-refractivity contribution in [3.63, 3.8) is 0 Å². The van der Waals surface area contributed by atoms with Gasteiger partial charge in [-0.05, 0) is 48.4 Å². The van der Waals surface area contributed by atoms with Crippen molar-refractivity contribution in [1.82, 2.24) is 4.98 Å². The summed E-state index contributed by atoms with van der Waals surface area (Å²) >= 11 is 1.51. The second kappa shape index (κ2) is 8.67. The fourth-order valence-electron chi connectivity index (χ4n) is 3.71. The summed E-state index contributed by atoms with van der Waals surface area (Å²) in [7, 11) is 0. The van der Waals surface area contributed by atoms with Gasteiger partial charge in [-0.1, -0.05) is 30.9 Å². The van der Waals surface area contributed by atoms with Gasteiger partial charge in [0, 0.05) is 22.4 Å². The highest BCUT2D eigenvalue weighted by Gasteiger charge is 2.50. The lowest BCUT2D eigenvalue weighted by atomic mass is 9.76. The minimum atomic E-state index is -0.367. The number of aromatic nitrogens is 1. The van der Waals surface area contributed by atoms with E-state index in [1.807, 2.05) is 41.5 Å². The normalized spacial score (nSPS) is 20.1. The number of hydrogen-bond acceptors (Lipinski definition) is 5. The molecule has 6 heteroatoms. The third-order valence-corrected chi connectivity index (χ3v) is 6.25. The molecule has 0 aliphatic carbocycles. The molecule has 1 aromatic heterocycles. The average Bonchev–Trinajstić information content (AvgIpc) is 3.22. The van der Waals surface area contributed by atoms with Crippen LogP contribution in [-0.4, -0.2) is 28.8 Å². The van der Waals surface area contributed by atoms with Gasteiger partial charge in [-0.15, -0.1) is 11.3 Å². The van der Waals surface area contributed by atoms with Crippen LogP contribution >= 0.6 is 11.3 Å². The number of thiazole rings is 1. The second-order valence-electron chi connectivity index (χ2n) is 7.11. The van der Waals surface area contributed by atoms with E-state index in [2.05, 4.69) is 22.9 Å². The smallest absolute Gasteiger partial charge is 0.186 e. The fraction of sp³-hybridized carbons (Fsp3) is 0.250. The van der Waals surface area contributed by atoms with E-state index in [4.69, 9.17) is 0 Å². The second-order valence-corrected chi connectivity index (χ2v) is 7.95. The summed E-state index contributed by atoms with van der Waals surface area (Å²) in [6.07, 6.45) is 0.842. The van der Waals surface area contributed by atoms with Crippen LogP contribution in [0, 0.1) is 29.0 Å². The first-order valence-corrected chi connectivity index (χ1v) is 10.6. The molecule has 0 saturated carbocycles. The van der Waals surface area contributed by atoms with Gasteiger partial charge in [-0.3, -0.25) is 0 Å². The summed E-state index contributed by atoms with van der Waals surface area (Å²) < 4.78 is 13.0. The molecule has 1 fully saturated rings. The van der Waals surface area contributed by atoms with Crippen molar-refractivity contribution in [3.05, 3.63) is 82.1 Å². The molecule has 0 spiro atoms. The molecule has 1 aliphatic heterocycles. The summed E-state index contributed by atoms with van der Waals surface area (Å²) in [4.78, 5) is 6.52. The first kappa shape index (κ1) is 20.1. The largest absolute Gasteiger partial charge is 0.394 e. The van der Waals surface area contributed by atoms with Crippen molar-refractivity contribution in [2.75, 3.05) is 11.5 Å². The minimum absolute atomic E-state index is 0.0456. The number of rotatable bonds is 4. The van der Waals surface area contributed by atoms with Crippen molar-refractivity contribution in [3.8, 4) is 17.9 Å². The van der Waals surface area contributed by atoms with E-state index in [0.29, 0.717) is 0 Å². The summed E-state index contributed by atoms with van der Waals surface area (Å²) in [6.45, 7) is 2.00. The molecule has 1 saturated heterocycles. The Kier molecular flexibility index (Phi) is 5.81. The highest BCUT2D eigenvalue weighted by Crippen LogP contribution is 2.44. The first-order valence-electron chi connectivity index (χ1n) is 9.75. The van der Waals surface area contributed by atoms with Crippen molar-refractivity contribution in [1.29, 1.82) is 5.26 Å². The Morgan fingerprint density at radius 1 is 1.10 bits per heavy atom. The Bertz CT molecular complexity index is 1120. The lowest BCUT2D eigenvalue weighted by Gasteiger charge is -2.51. The van der Waals surface area contributed by atoms with Crippen molar-refractivity contribution < 1.29 is 9.50 Å². The molecule has 0 radical (unpaired) electrons. The molecule has 2 aromatic carbocycles. The van der Waals surface area contributed by atoms with Gasteiger partial charge in [-0.25, -0.2) is 9.37 Å². The molecular formula is C24H20FN3OS. The number of hydrogen-bond donors (Lipinski definition) is 1. The third kappa shape index (κ3) is 3.80. The van der Waals surface area contributed by atoms with Gasteiger partial charge in [-0.2, -0.15) is 5.26 Å². The van der Waals surface area contributed by atoms with Crippen LogP contribution < -0.4 is 4.90 Å². The monoisotopic (exact) mass is 417 g/mol. The number of nitrogens with zero attached hydrogens (tertiary/aromatic N) is 3. The number of halogens is 1. The van der Waals surface area contributed by atoms with Gasteiger partial charge in [0.25, 0.3) is 0 Å². The molecule has 4 nitrogen and oxygen atoms in total. The standard InChI is InChI=1S/C24H20FN3OS/c1-2-20-15-30-24(27-20)28-21(13-26)23(22(28)14-29)18-9-5-16(6-10-18)3-4-17-7-11-19(25)12-8-17/h5-12,15,21-23,29H,2,14H2,1H3/t21-,22-,23+/m0/s1. The van der Waals surface area contributed by atoms with Gasteiger partial charge < -0.3 is 10.0 Å². The predicted molar refractivity (Wildman–Crippen MR) is 116 cm³/mol. The van der Waals surface area contributed by atoms with E-state index < -0.39 is 0 Å². The Labute approximate surface area is 179 Å². The fourth-order valence-corrected chi connectivity index (χ4v) is 4.72. The highest BCUT2D eigenvalue weighted by atomic mass is 32.1. The molecule has 1 aliphatic rings. The summed E-state index contributed by atoms with van der Waals surface area (Å²) in [5.41, 5.74) is 3.57. The van der Waals surface area contributed by atoms with E-state index in [1.54, 1.807) is 12.1 Å². The van der Waals surface area contributed by atoms with Crippen LogP contribution in [0.1, 0.15) is 35.2 Å². The van der Waals surface area contributed by atoms with E-state index in [1.165, 1.54) is 23.5 Å². The summed E-state index contributed by atoms with van der Waals surface area (Å²) in [5.74, 6) is 5.71. The summed E-state index contributed by atoms with van der Waals surface area (Å²) in [6, 6.07) is 15.6. The Morgan fingerprint density at radius 2 is 1.73 bits per heavy atom. The maximum absolute atomic E-state index is 13.0. The molecule has 150 valence electrons. The maximum atomic E-state index is 13.0.